The summed E-state index contributed by atoms with van der Waals surface area (Å²) in [6.45, 7) is -0.695. The zero-order chi connectivity index (χ0) is 20.7. The van der Waals surface area contributed by atoms with Crippen molar-refractivity contribution < 1.29 is 33.0 Å². The van der Waals surface area contributed by atoms with E-state index in [9.17, 15) is 18.8 Å². The number of hydrazine groups is 1. The molecule has 0 unspecified atom stereocenters. The number of hydrogen-bond donors (Lipinski definition) is 2. The quantitative estimate of drug-likeness (QED) is 0.558. The molecule has 28 heavy (non-hydrogen) atoms. The van der Waals surface area contributed by atoms with Crippen molar-refractivity contribution in [3.8, 4) is 11.5 Å². The van der Waals surface area contributed by atoms with Crippen LogP contribution in [0, 0.1) is 5.82 Å². The number of ether oxygens (including phenoxy) is 3. The molecule has 2 aromatic carbocycles. The summed E-state index contributed by atoms with van der Waals surface area (Å²) >= 11 is 5.84. The molecule has 0 bridgehead atoms. The molecule has 0 aromatic heterocycles. The highest BCUT2D eigenvalue weighted by Crippen LogP contribution is 2.22. The van der Waals surface area contributed by atoms with Gasteiger partial charge in [-0.25, -0.2) is 9.18 Å². The smallest absolute Gasteiger partial charge is 0.338 e. The molecule has 0 aliphatic heterocycles. The van der Waals surface area contributed by atoms with E-state index in [2.05, 4.69) is 10.9 Å². The van der Waals surface area contributed by atoms with E-state index in [1.54, 1.807) is 0 Å². The van der Waals surface area contributed by atoms with Crippen LogP contribution in [0.25, 0.3) is 0 Å². The average Bonchev–Trinajstić information content (AvgIpc) is 2.69. The molecule has 0 radical (unpaired) electrons. The van der Waals surface area contributed by atoms with E-state index in [-0.39, 0.29) is 22.6 Å². The van der Waals surface area contributed by atoms with Gasteiger partial charge in [0.05, 0.1) is 25.3 Å². The molecule has 0 aliphatic carbocycles. The summed E-state index contributed by atoms with van der Waals surface area (Å²) in [5.74, 6) is -2.94. The summed E-state index contributed by atoms with van der Waals surface area (Å²) in [7, 11) is 2.66. The number of amides is 2. The fourth-order valence-corrected chi connectivity index (χ4v) is 2.27. The summed E-state index contributed by atoms with van der Waals surface area (Å²) in [6.07, 6.45) is 0. The molecular formula is C18H16ClFN2O6. The minimum atomic E-state index is -0.917. The monoisotopic (exact) mass is 410 g/mol. The van der Waals surface area contributed by atoms with E-state index in [4.69, 9.17) is 25.8 Å². The van der Waals surface area contributed by atoms with Crippen LogP contribution >= 0.6 is 11.6 Å². The van der Waals surface area contributed by atoms with Gasteiger partial charge in [-0.3, -0.25) is 20.4 Å². The zero-order valence-electron chi connectivity index (χ0n) is 14.9. The second kappa shape index (κ2) is 9.56. The lowest BCUT2D eigenvalue weighted by Gasteiger charge is -2.11. The molecule has 0 saturated heterocycles. The molecule has 0 spiro atoms. The minimum Gasteiger partial charge on any atom is -0.496 e. The van der Waals surface area contributed by atoms with E-state index < -0.39 is 30.2 Å². The van der Waals surface area contributed by atoms with Crippen molar-refractivity contribution >= 4 is 29.4 Å². The van der Waals surface area contributed by atoms with Crippen molar-refractivity contribution in [2.75, 3.05) is 20.8 Å². The van der Waals surface area contributed by atoms with Crippen molar-refractivity contribution in [2.45, 2.75) is 0 Å². The average molecular weight is 411 g/mol. The first-order chi connectivity index (χ1) is 13.3. The van der Waals surface area contributed by atoms with Crippen LogP contribution in [0.4, 0.5) is 4.39 Å². The molecule has 2 rings (SSSR count). The van der Waals surface area contributed by atoms with Crippen LogP contribution in [-0.4, -0.2) is 38.6 Å². The van der Waals surface area contributed by atoms with E-state index in [1.165, 1.54) is 44.6 Å². The molecule has 2 amide bonds. The number of carbonyl (C=O) groups is 3. The Morgan fingerprint density at radius 1 is 1.00 bits per heavy atom. The maximum Gasteiger partial charge on any atom is 0.338 e. The maximum absolute atomic E-state index is 13.6. The molecule has 10 heteroatoms. The Kier molecular flexibility index (Phi) is 7.16. The standard InChI is InChI=1S/C18H16ClFN2O6/c1-26-14-6-4-11(19)8-12(14)17(24)22-21-16(23)9-28-18(25)10-3-5-15(27-2)13(20)7-10/h3-8H,9H2,1-2H3,(H,21,23)(H,22,24). The number of carbonyl (C=O) groups excluding carboxylic acids is 3. The van der Waals surface area contributed by atoms with Crippen molar-refractivity contribution in [3.05, 3.63) is 58.4 Å². The third-order valence-corrected chi connectivity index (χ3v) is 3.68. The summed E-state index contributed by atoms with van der Waals surface area (Å²) in [6, 6.07) is 7.86. The maximum atomic E-state index is 13.6. The number of benzene rings is 2. The van der Waals surface area contributed by atoms with E-state index >= 15 is 0 Å². The van der Waals surface area contributed by atoms with Gasteiger partial charge in [-0.2, -0.15) is 0 Å². The second-order valence-electron chi connectivity index (χ2n) is 5.27. The van der Waals surface area contributed by atoms with Gasteiger partial charge in [-0.05, 0) is 36.4 Å². The molecule has 2 N–H and O–H groups in total. The number of nitrogens with one attached hydrogen (secondary N) is 2. The normalized spacial score (nSPS) is 10.0. The minimum absolute atomic E-state index is 0.0338. The second-order valence-corrected chi connectivity index (χ2v) is 5.71. The number of esters is 1. The molecule has 0 atom stereocenters. The van der Waals surface area contributed by atoms with Crippen LogP contribution in [0.3, 0.4) is 0 Å². The Morgan fingerprint density at radius 3 is 2.32 bits per heavy atom. The topological polar surface area (TPSA) is 103 Å². The van der Waals surface area contributed by atoms with Gasteiger partial charge < -0.3 is 14.2 Å². The largest absolute Gasteiger partial charge is 0.496 e. The number of rotatable bonds is 6. The van der Waals surface area contributed by atoms with Crippen LogP contribution in [0.1, 0.15) is 20.7 Å². The van der Waals surface area contributed by atoms with E-state index in [0.717, 1.165) is 6.07 Å². The van der Waals surface area contributed by atoms with Gasteiger partial charge in [0.25, 0.3) is 11.8 Å². The van der Waals surface area contributed by atoms with Crippen LogP contribution < -0.4 is 20.3 Å². The fraction of sp³-hybridized carbons (Fsp3) is 0.167. The van der Waals surface area contributed by atoms with Crippen LogP contribution in [0.5, 0.6) is 11.5 Å². The van der Waals surface area contributed by atoms with E-state index in [0.29, 0.717) is 5.02 Å². The van der Waals surface area contributed by atoms with Crippen LogP contribution in [0.2, 0.25) is 5.02 Å². The lowest BCUT2D eigenvalue weighted by Crippen LogP contribution is -2.43. The number of hydrogen-bond acceptors (Lipinski definition) is 6. The summed E-state index contributed by atoms with van der Waals surface area (Å²) in [4.78, 5) is 35.7. The Bertz CT molecular complexity index is 906. The molecule has 0 aliphatic rings. The predicted octanol–water partition coefficient (Wildman–Crippen LogP) is 2.11. The van der Waals surface area contributed by atoms with Crippen molar-refractivity contribution in [1.82, 2.24) is 10.9 Å². The molecule has 2 aromatic rings. The first-order valence-corrected chi connectivity index (χ1v) is 8.17. The Hall–Kier alpha value is -3.33. The molecule has 0 fully saturated rings. The van der Waals surface area contributed by atoms with Gasteiger partial charge >= 0.3 is 5.97 Å². The number of methoxy groups -OCH3 is 2. The van der Waals surface area contributed by atoms with Gasteiger partial charge in [0, 0.05) is 5.02 Å². The fourth-order valence-electron chi connectivity index (χ4n) is 2.10. The Labute approximate surface area is 164 Å². The van der Waals surface area contributed by atoms with Gasteiger partial charge in [-0.1, -0.05) is 11.6 Å². The van der Waals surface area contributed by atoms with Gasteiger partial charge in [-0.15, -0.1) is 0 Å². The third kappa shape index (κ3) is 5.34. The van der Waals surface area contributed by atoms with Crippen LogP contribution in [0.15, 0.2) is 36.4 Å². The van der Waals surface area contributed by atoms with Gasteiger partial charge in [0.1, 0.15) is 5.75 Å². The first-order valence-electron chi connectivity index (χ1n) is 7.79. The Morgan fingerprint density at radius 2 is 1.68 bits per heavy atom. The molecule has 8 nitrogen and oxygen atoms in total. The summed E-state index contributed by atoms with van der Waals surface area (Å²) < 4.78 is 28.1. The van der Waals surface area contributed by atoms with Gasteiger partial charge in [0.15, 0.2) is 18.2 Å². The van der Waals surface area contributed by atoms with Gasteiger partial charge in [0.2, 0.25) is 0 Å². The predicted molar refractivity (Wildman–Crippen MR) is 96.8 cm³/mol. The summed E-state index contributed by atoms with van der Waals surface area (Å²) in [5.41, 5.74) is 4.22. The lowest BCUT2D eigenvalue weighted by atomic mass is 10.2. The highest BCUT2D eigenvalue weighted by atomic mass is 35.5. The first kappa shape index (κ1) is 21.0. The highest BCUT2D eigenvalue weighted by Gasteiger charge is 2.16. The SMILES string of the molecule is COc1ccc(C(=O)OCC(=O)NNC(=O)c2cc(Cl)ccc2OC)cc1F. The number of halogens is 2. The molecule has 148 valence electrons. The van der Waals surface area contributed by atoms with E-state index in [1.807, 2.05) is 0 Å². The highest BCUT2D eigenvalue weighted by molar-refractivity contribution is 6.31. The lowest BCUT2D eigenvalue weighted by molar-refractivity contribution is -0.125. The third-order valence-electron chi connectivity index (χ3n) is 3.44. The zero-order valence-corrected chi connectivity index (χ0v) is 15.6. The van der Waals surface area contributed by atoms with Crippen molar-refractivity contribution in [1.29, 1.82) is 0 Å². The molecular weight excluding hydrogens is 395 g/mol. The molecule has 0 saturated carbocycles. The van der Waals surface area contributed by atoms with Crippen molar-refractivity contribution in [3.63, 3.8) is 0 Å². The van der Waals surface area contributed by atoms with Crippen molar-refractivity contribution in [2.24, 2.45) is 0 Å². The molecule has 0 heterocycles. The summed E-state index contributed by atoms with van der Waals surface area (Å²) in [5, 5.41) is 0.304. The Balaban J connectivity index is 1.87. The van der Waals surface area contributed by atoms with Crippen LogP contribution in [-0.2, 0) is 9.53 Å².